The number of nitrogens with zero attached hydrogens (tertiary/aromatic N) is 1. The van der Waals surface area contributed by atoms with Crippen LogP contribution in [0.4, 0.5) is 0 Å². The number of hydrogen-bond acceptors (Lipinski definition) is 7. The summed E-state index contributed by atoms with van der Waals surface area (Å²) in [5.41, 5.74) is 0.256. The number of benzene rings is 1. The highest BCUT2D eigenvalue weighted by Gasteiger charge is 2.39. The largest absolute Gasteiger partial charge is 0.493 e. The first-order valence-corrected chi connectivity index (χ1v) is 13.5. The van der Waals surface area contributed by atoms with Gasteiger partial charge < -0.3 is 19.1 Å². The Kier molecular flexibility index (Phi) is 8.62. The SMILES string of the molecule is COc1cc(C(=O)OCC(=O)N(C2CCCC2)C2CCS(=O)(=O)C2)ccc1OCCC(C)C. The van der Waals surface area contributed by atoms with Crippen LogP contribution in [0.1, 0.15) is 62.7 Å². The van der Waals surface area contributed by atoms with Crippen molar-refractivity contribution in [3.05, 3.63) is 23.8 Å². The zero-order valence-corrected chi connectivity index (χ0v) is 20.6. The zero-order chi connectivity index (χ0) is 24.0. The van der Waals surface area contributed by atoms with Gasteiger partial charge in [0, 0.05) is 12.1 Å². The Hall–Kier alpha value is -2.29. The van der Waals surface area contributed by atoms with Gasteiger partial charge in [-0.2, -0.15) is 0 Å². The van der Waals surface area contributed by atoms with Crippen molar-refractivity contribution in [2.45, 2.75) is 64.5 Å². The van der Waals surface area contributed by atoms with Crippen LogP contribution in [-0.4, -0.2) is 69.1 Å². The monoisotopic (exact) mass is 481 g/mol. The molecule has 0 N–H and O–H groups in total. The zero-order valence-electron chi connectivity index (χ0n) is 19.7. The molecule has 0 aromatic heterocycles. The molecule has 1 aliphatic carbocycles. The molecule has 1 amide bonds. The molecule has 1 atom stereocenters. The number of sulfone groups is 1. The Balaban J connectivity index is 1.62. The number of ether oxygens (including phenoxy) is 3. The van der Waals surface area contributed by atoms with Crippen molar-refractivity contribution in [1.29, 1.82) is 0 Å². The van der Waals surface area contributed by atoms with Crippen LogP contribution in [0.2, 0.25) is 0 Å². The molecule has 1 saturated heterocycles. The fourth-order valence-corrected chi connectivity index (χ4v) is 6.20. The Morgan fingerprint density at radius 1 is 1.09 bits per heavy atom. The van der Waals surface area contributed by atoms with E-state index in [0.717, 1.165) is 32.1 Å². The van der Waals surface area contributed by atoms with E-state index in [1.165, 1.54) is 13.2 Å². The van der Waals surface area contributed by atoms with Gasteiger partial charge in [-0.05, 0) is 49.8 Å². The molecule has 1 aliphatic heterocycles. The number of carbonyl (C=O) groups excluding carboxylic acids is 2. The van der Waals surface area contributed by atoms with Crippen LogP contribution in [0.15, 0.2) is 18.2 Å². The van der Waals surface area contributed by atoms with Gasteiger partial charge in [0.1, 0.15) is 0 Å². The lowest BCUT2D eigenvalue weighted by Crippen LogP contribution is -2.48. The van der Waals surface area contributed by atoms with Crippen LogP contribution in [0.3, 0.4) is 0 Å². The molecule has 2 fully saturated rings. The van der Waals surface area contributed by atoms with Crippen molar-refractivity contribution in [2.24, 2.45) is 5.92 Å². The molecule has 0 radical (unpaired) electrons. The summed E-state index contributed by atoms with van der Waals surface area (Å²) in [6.07, 6.45) is 5.07. The van der Waals surface area contributed by atoms with Gasteiger partial charge in [0.15, 0.2) is 27.9 Å². The summed E-state index contributed by atoms with van der Waals surface area (Å²) in [6, 6.07) is 4.45. The average molecular weight is 482 g/mol. The Bertz CT molecular complexity index is 938. The van der Waals surface area contributed by atoms with Gasteiger partial charge in [-0.3, -0.25) is 4.79 Å². The van der Waals surface area contributed by atoms with Crippen LogP contribution in [-0.2, 0) is 19.4 Å². The highest BCUT2D eigenvalue weighted by Crippen LogP contribution is 2.30. The lowest BCUT2D eigenvalue weighted by Gasteiger charge is -2.33. The summed E-state index contributed by atoms with van der Waals surface area (Å²) in [6.45, 7) is 4.35. The summed E-state index contributed by atoms with van der Waals surface area (Å²) in [5, 5.41) is 0. The van der Waals surface area contributed by atoms with E-state index in [1.54, 1.807) is 17.0 Å². The van der Waals surface area contributed by atoms with Gasteiger partial charge in [-0.25, -0.2) is 13.2 Å². The van der Waals surface area contributed by atoms with E-state index in [2.05, 4.69) is 13.8 Å². The maximum atomic E-state index is 13.0. The minimum atomic E-state index is -3.13. The number of rotatable bonds is 10. The second kappa shape index (κ2) is 11.2. The van der Waals surface area contributed by atoms with Crippen LogP contribution in [0.5, 0.6) is 11.5 Å². The van der Waals surface area contributed by atoms with Gasteiger partial charge in [0.2, 0.25) is 0 Å². The molecular formula is C24H35NO7S. The van der Waals surface area contributed by atoms with E-state index < -0.39 is 22.4 Å². The predicted octanol–water partition coefficient (Wildman–Crippen LogP) is 3.24. The number of methoxy groups -OCH3 is 1. The summed E-state index contributed by atoms with van der Waals surface area (Å²) >= 11 is 0. The fraction of sp³-hybridized carbons (Fsp3) is 0.667. The minimum absolute atomic E-state index is 0.0110. The molecule has 1 saturated carbocycles. The van der Waals surface area contributed by atoms with Crippen molar-refractivity contribution < 1.29 is 32.2 Å². The lowest BCUT2D eigenvalue weighted by atomic mass is 10.1. The minimum Gasteiger partial charge on any atom is -0.493 e. The van der Waals surface area contributed by atoms with Crippen molar-refractivity contribution >= 4 is 21.7 Å². The fourth-order valence-electron chi connectivity index (χ4n) is 4.49. The van der Waals surface area contributed by atoms with E-state index in [4.69, 9.17) is 14.2 Å². The van der Waals surface area contributed by atoms with Crippen LogP contribution < -0.4 is 9.47 Å². The normalized spacial score (nSPS) is 20.1. The van der Waals surface area contributed by atoms with Gasteiger partial charge >= 0.3 is 5.97 Å². The summed E-state index contributed by atoms with van der Waals surface area (Å²) in [4.78, 5) is 27.3. The van der Waals surface area contributed by atoms with Gasteiger partial charge in [0.25, 0.3) is 5.91 Å². The van der Waals surface area contributed by atoms with E-state index in [9.17, 15) is 18.0 Å². The number of amides is 1. The first kappa shape index (κ1) is 25.3. The topological polar surface area (TPSA) is 99.2 Å². The molecule has 9 heteroatoms. The lowest BCUT2D eigenvalue weighted by molar-refractivity contribution is -0.139. The molecule has 0 bridgehead atoms. The summed E-state index contributed by atoms with van der Waals surface area (Å²) in [5.74, 6) is 0.580. The molecule has 33 heavy (non-hydrogen) atoms. The summed E-state index contributed by atoms with van der Waals surface area (Å²) in [7, 11) is -1.63. The third-order valence-corrected chi connectivity index (χ3v) is 8.04. The van der Waals surface area contributed by atoms with Crippen molar-refractivity contribution in [3.8, 4) is 11.5 Å². The third kappa shape index (κ3) is 6.85. The summed E-state index contributed by atoms with van der Waals surface area (Å²) < 4.78 is 40.4. The van der Waals surface area contributed by atoms with Crippen molar-refractivity contribution in [1.82, 2.24) is 4.90 Å². The third-order valence-electron chi connectivity index (χ3n) is 6.29. The van der Waals surface area contributed by atoms with E-state index >= 15 is 0 Å². The first-order valence-electron chi connectivity index (χ1n) is 11.7. The second-order valence-corrected chi connectivity index (χ2v) is 11.5. The maximum Gasteiger partial charge on any atom is 0.338 e. The molecule has 2 aliphatic rings. The van der Waals surface area contributed by atoms with Gasteiger partial charge in [-0.15, -0.1) is 0 Å². The van der Waals surface area contributed by atoms with Crippen molar-refractivity contribution in [3.63, 3.8) is 0 Å². The smallest absolute Gasteiger partial charge is 0.338 e. The van der Waals surface area contributed by atoms with Crippen LogP contribution in [0, 0.1) is 5.92 Å². The highest BCUT2D eigenvalue weighted by molar-refractivity contribution is 7.91. The maximum absolute atomic E-state index is 13.0. The molecular weight excluding hydrogens is 446 g/mol. The average Bonchev–Trinajstić information content (AvgIpc) is 3.42. The molecule has 8 nitrogen and oxygen atoms in total. The Labute approximate surface area is 196 Å². The van der Waals surface area contributed by atoms with Gasteiger partial charge in [-0.1, -0.05) is 26.7 Å². The molecule has 1 heterocycles. The number of carbonyl (C=O) groups is 2. The standard InChI is InChI=1S/C24H35NO7S/c1-17(2)10-12-31-21-9-8-18(14-22(21)30-3)24(27)32-15-23(26)25(19-6-4-5-7-19)20-11-13-33(28,29)16-20/h8-9,14,17,19-20H,4-7,10-13,15-16H2,1-3H3. The second-order valence-electron chi connectivity index (χ2n) is 9.27. The molecule has 1 aromatic rings. The van der Waals surface area contributed by atoms with E-state index in [0.29, 0.717) is 30.4 Å². The van der Waals surface area contributed by atoms with Crippen molar-refractivity contribution in [2.75, 3.05) is 31.8 Å². The number of esters is 1. The number of hydrogen-bond donors (Lipinski definition) is 0. The molecule has 0 spiro atoms. The van der Waals surface area contributed by atoms with E-state index in [1.807, 2.05) is 0 Å². The first-order chi connectivity index (χ1) is 15.7. The Morgan fingerprint density at radius 3 is 2.42 bits per heavy atom. The molecule has 1 unspecified atom stereocenters. The quantitative estimate of drug-likeness (QED) is 0.473. The molecule has 1 aromatic carbocycles. The van der Waals surface area contributed by atoms with Crippen LogP contribution >= 0.6 is 0 Å². The predicted molar refractivity (Wildman–Crippen MR) is 124 cm³/mol. The highest BCUT2D eigenvalue weighted by atomic mass is 32.2. The van der Waals surface area contributed by atoms with Crippen LogP contribution in [0.25, 0.3) is 0 Å². The molecule has 184 valence electrons. The van der Waals surface area contributed by atoms with Gasteiger partial charge in [0.05, 0.1) is 30.8 Å². The van der Waals surface area contributed by atoms with E-state index in [-0.39, 0.29) is 35.1 Å². The molecule has 3 rings (SSSR count). The Morgan fingerprint density at radius 2 is 1.82 bits per heavy atom.